The number of hydrogen-bond donors (Lipinski definition) is 1. The number of H-pyrrole nitrogens is 1. The van der Waals surface area contributed by atoms with E-state index in [0.717, 1.165) is 35.0 Å². The van der Waals surface area contributed by atoms with Crippen LogP contribution in [0.4, 0.5) is 4.39 Å². The molecule has 130 valence electrons. The second-order valence-corrected chi connectivity index (χ2v) is 6.53. The Balaban J connectivity index is 1.73. The minimum atomic E-state index is -0.613. The number of aryl methyl sites for hydroxylation is 1. The highest BCUT2D eigenvalue weighted by Gasteiger charge is 2.18. The van der Waals surface area contributed by atoms with Crippen molar-refractivity contribution in [1.29, 1.82) is 0 Å². The first kappa shape index (κ1) is 16.0. The third-order valence-electron chi connectivity index (χ3n) is 4.73. The normalized spacial score (nSPS) is 15.6. The summed E-state index contributed by atoms with van der Waals surface area (Å²) in [6, 6.07) is 3.69. The van der Waals surface area contributed by atoms with Crippen molar-refractivity contribution in [1.82, 2.24) is 19.9 Å². The van der Waals surface area contributed by atoms with Gasteiger partial charge < -0.3 is 9.72 Å². The monoisotopic (exact) mass is 340 g/mol. The zero-order chi connectivity index (χ0) is 17.2. The second-order valence-electron chi connectivity index (χ2n) is 6.53. The predicted molar refractivity (Wildman–Crippen MR) is 94.2 cm³/mol. The van der Waals surface area contributed by atoms with Gasteiger partial charge in [0.25, 0.3) is 0 Å². The molecule has 0 unspecified atom stereocenters. The highest BCUT2D eigenvalue weighted by Crippen LogP contribution is 2.32. The van der Waals surface area contributed by atoms with Crippen LogP contribution in [0.1, 0.15) is 43.6 Å². The van der Waals surface area contributed by atoms with Crippen LogP contribution in [0.15, 0.2) is 24.5 Å². The molecule has 5 nitrogen and oxygen atoms in total. The molecule has 0 bridgehead atoms. The number of nitrogens with zero attached hydrogens (tertiary/aromatic N) is 3. The molecule has 25 heavy (non-hydrogen) atoms. The SMILES string of the molecule is Cc1nc(OC2CCCCC2)cc(-c2c[nH]c3ccnc(CF)c23)n1. The van der Waals surface area contributed by atoms with Crippen LogP contribution in [0.25, 0.3) is 22.2 Å². The maximum Gasteiger partial charge on any atom is 0.217 e. The minimum absolute atomic E-state index is 0.224. The van der Waals surface area contributed by atoms with Crippen molar-refractivity contribution < 1.29 is 9.13 Å². The first-order valence-corrected chi connectivity index (χ1v) is 8.78. The molecule has 4 rings (SSSR count). The second kappa shape index (κ2) is 6.78. The van der Waals surface area contributed by atoms with Crippen molar-refractivity contribution in [2.24, 2.45) is 0 Å². The largest absolute Gasteiger partial charge is 0.474 e. The van der Waals surface area contributed by atoms with E-state index >= 15 is 0 Å². The molecular formula is C19H21FN4O. The molecule has 1 fully saturated rings. The van der Waals surface area contributed by atoms with Crippen LogP contribution < -0.4 is 4.74 Å². The Morgan fingerprint density at radius 3 is 2.88 bits per heavy atom. The van der Waals surface area contributed by atoms with Crippen LogP contribution in [0.3, 0.4) is 0 Å². The number of aromatic nitrogens is 4. The fourth-order valence-electron chi connectivity index (χ4n) is 3.54. The molecule has 3 aromatic rings. The molecule has 1 N–H and O–H groups in total. The van der Waals surface area contributed by atoms with Crippen LogP contribution >= 0.6 is 0 Å². The summed E-state index contributed by atoms with van der Waals surface area (Å²) >= 11 is 0. The first-order valence-electron chi connectivity index (χ1n) is 8.78. The zero-order valence-electron chi connectivity index (χ0n) is 14.3. The van der Waals surface area contributed by atoms with Gasteiger partial charge in [0.1, 0.15) is 18.6 Å². The number of nitrogens with one attached hydrogen (secondary N) is 1. The molecular weight excluding hydrogens is 319 g/mol. The lowest BCUT2D eigenvalue weighted by molar-refractivity contribution is 0.148. The van der Waals surface area contributed by atoms with E-state index in [1.165, 1.54) is 19.3 Å². The van der Waals surface area contributed by atoms with E-state index in [1.54, 1.807) is 6.20 Å². The maximum absolute atomic E-state index is 13.4. The topological polar surface area (TPSA) is 63.7 Å². The van der Waals surface area contributed by atoms with Crippen molar-refractivity contribution in [3.63, 3.8) is 0 Å². The number of fused-ring (bicyclic) bond motifs is 1. The van der Waals surface area contributed by atoms with Gasteiger partial charge in [-0.25, -0.2) is 9.37 Å². The molecule has 3 aromatic heterocycles. The minimum Gasteiger partial charge on any atom is -0.474 e. The Morgan fingerprint density at radius 2 is 2.08 bits per heavy atom. The van der Waals surface area contributed by atoms with Crippen LogP contribution in [0.5, 0.6) is 5.88 Å². The molecule has 0 radical (unpaired) electrons. The maximum atomic E-state index is 13.4. The van der Waals surface area contributed by atoms with Crippen LogP contribution in [-0.4, -0.2) is 26.0 Å². The molecule has 1 saturated carbocycles. The molecule has 0 saturated heterocycles. The number of alkyl halides is 1. The Morgan fingerprint density at radius 1 is 1.24 bits per heavy atom. The summed E-state index contributed by atoms with van der Waals surface area (Å²) in [7, 11) is 0. The molecule has 0 amide bonds. The quantitative estimate of drug-likeness (QED) is 0.759. The lowest BCUT2D eigenvalue weighted by Gasteiger charge is -2.22. The van der Waals surface area contributed by atoms with Crippen LogP contribution in [-0.2, 0) is 6.67 Å². The average Bonchev–Trinajstić information content (AvgIpc) is 3.06. The van der Waals surface area contributed by atoms with E-state index < -0.39 is 6.67 Å². The summed E-state index contributed by atoms with van der Waals surface area (Å²) in [5, 5.41) is 0.770. The highest BCUT2D eigenvalue weighted by atomic mass is 19.1. The molecule has 0 atom stereocenters. The van der Waals surface area contributed by atoms with Gasteiger partial charge in [-0.3, -0.25) is 4.98 Å². The Labute approximate surface area is 145 Å². The summed E-state index contributed by atoms with van der Waals surface area (Å²) < 4.78 is 19.5. The summed E-state index contributed by atoms with van der Waals surface area (Å²) in [5.41, 5.74) is 2.82. The van der Waals surface area contributed by atoms with Crippen molar-refractivity contribution in [2.45, 2.75) is 51.8 Å². The third-order valence-corrected chi connectivity index (χ3v) is 4.73. The van der Waals surface area contributed by atoms with Crippen molar-refractivity contribution in [2.75, 3.05) is 0 Å². The van der Waals surface area contributed by atoms with E-state index in [-0.39, 0.29) is 6.10 Å². The van der Waals surface area contributed by atoms with Gasteiger partial charge >= 0.3 is 0 Å². The number of halogens is 1. The van der Waals surface area contributed by atoms with Gasteiger partial charge in [-0.1, -0.05) is 6.42 Å². The van der Waals surface area contributed by atoms with Gasteiger partial charge in [0.05, 0.1) is 11.4 Å². The summed E-state index contributed by atoms with van der Waals surface area (Å²) in [5.74, 6) is 1.23. The van der Waals surface area contributed by atoms with Gasteiger partial charge in [-0.2, -0.15) is 4.98 Å². The first-order chi connectivity index (χ1) is 12.2. The smallest absolute Gasteiger partial charge is 0.217 e. The summed E-state index contributed by atoms with van der Waals surface area (Å²) in [4.78, 5) is 16.3. The van der Waals surface area contributed by atoms with Crippen molar-refractivity contribution in [3.05, 3.63) is 36.0 Å². The van der Waals surface area contributed by atoms with Crippen molar-refractivity contribution >= 4 is 10.9 Å². The lowest BCUT2D eigenvalue weighted by atomic mass is 9.98. The molecule has 0 spiro atoms. The Kier molecular flexibility index (Phi) is 4.34. The summed E-state index contributed by atoms with van der Waals surface area (Å²) in [6.45, 7) is 1.23. The van der Waals surface area contributed by atoms with Gasteiger partial charge in [0, 0.05) is 34.9 Å². The summed E-state index contributed by atoms with van der Waals surface area (Å²) in [6.07, 6.45) is 9.51. The van der Waals surface area contributed by atoms with Crippen LogP contribution in [0, 0.1) is 6.92 Å². The number of aromatic amines is 1. The van der Waals surface area contributed by atoms with E-state index in [9.17, 15) is 4.39 Å². The van der Waals surface area contributed by atoms with Crippen molar-refractivity contribution in [3.8, 4) is 17.1 Å². The standard InChI is InChI=1S/C19H21FN4O/c1-12-23-16(9-18(24-12)25-13-5-3-2-4-6-13)14-11-22-15-7-8-21-17(10-20)19(14)15/h7-9,11,13,22H,2-6,10H2,1H3. The van der Waals surface area contributed by atoms with Crippen LogP contribution in [0.2, 0.25) is 0 Å². The molecule has 0 aliphatic heterocycles. The molecule has 0 aromatic carbocycles. The number of ether oxygens (including phenoxy) is 1. The Hall–Kier alpha value is -2.50. The van der Waals surface area contributed by atoms with E-state index in [0.29, 0.717) is 17.4 Å². The fraction of sp³-hybridized carbons (Fsp3) is 0.421. The van der Waals surface area contributed by atoms with Gasteiger partial charge in [-0.05, 0) is 38.7 Å². The molecule has 6 heteroatoms. The zero-order valence-corrected chi connectivity index (χ0v) is 14.3. The van der Waals surface area contributed by atoms with Gasteiger partial charge in [-0.15, -0.1) is 0 Å². The van der Waals surface area contributed by atoms with E-state index in [4.69, 9.17) is 4.74 Å². The molecule has 1 aliphatic carbocycles. The number of hydrogen-bond acceptors (Lipinski definition) is 4. The number of rotatable bonds is 4. The van der Waals surface area contributed by atoms with E-state index in [2.05, 4.69) is 19.9 Å². The third kappa shape index (κ3) is 3.21. The molecule has 1 aliphatic rings. The fourth-order valence-corrected chi connectivity index (χ4v) is 3.54. The molecule has 3 heterocycles. The predicted octanol–water partition coefficient (Wildman–Crippen LogP) is 4.51. The van der Waals surface area contributed by atoms with Gasteiger partial charge in [0.2, 0.25) is 5.88 Å². The lowest BCUT2D eigenvalue weighted by Crippen LogP contribution is -2.20. The highest BCUT2D eigenvalue weighted by molar-refractivity contribution is 5.96. The van der Waals surface area contributed by atoms with E-state index in [1.807, 2.05) is 25.3 Å². The average molecular weight is 340 g/mol. The number of pyridine rings is 1. The van der Waals surface area contributed by atoms with Gasteiger partial charge in [0.15, 0.2) is 0 Å². The Bertz CT molecular complexity index is 886.